The quantitative estimate of drug-likeness (QED) is 0.574. The van der Waals surface area contributed by atoms with Gasteiger partial charge in [-0.25, -0.2) is 4.98 Å². The topological polar surface area (TPSA) is 55.2 Å². The first-order chi connectivity index (χ1) is 13.0. The summed E-state index contributed by atoms with van der Waals surface area (Å²) in [5.74, 6) is 0.811. The summed E-state index contributed by atoms with van der Waals surface area (Å²) in [7, 11) is 1.75. The zero-order valence-electron chi connectivity index (χ0n) is 17.2. The van der Waals surface area contributed by atoms with Crippen LogP contribution in [0.3, 0.4) is 0 Å². The van der Waals surface area contributed by atoms with E-state index < -0.39 is 0 Å². The van der Waals surface area contributed by atoms with Crippen LogP contribution in [0.15, 0.2) is 29.1 Å². The van der Waals surface area contributed by atoms with Crippen LogP contribution in [-0.2, 0) is 11.8 Å². The van der Waals surface area contributed by atoms with Crippen molar-refractivity contribution in [3.8, 4) is 0 Å². The molecule has 0 spiro atoms. The van der Waals surface area contributed by atoms with Crippen molar-refractivity contribution in [1.82, 2.24) is 14.5 Å². The van der Waals surface area contributed by atoms with E-state index in [9.17, 15) is 9.59 Å². The molecule has 1 aromatic heterocycles. The Kier molecular flexibility index (Phi) is 8.01. The first-order valence-corrected chi connectivity index (χ1v) is 10.3. The van der Waals surface area contributed by atoms with Crippen LogP contribution in [0.1, 0.15) is 77.6 Å². The second-order valence-corrected chi connectivity index (χ2v) is 7.28. The van der Waals surface area contributed by atoms with Crippen molar-refractivity contribution in [3.63, 3.8) is 0 Å². The number of amides is 1. The Hall–Kier alpha value is -2.17. The first-order valence-electron chi connectivity index (χ1n) is 10.3. The third kappa shape index (κ3) is 5.18. The Labute approximate surface area is 162 Å². The molecule has 1 atom stereocenters. The van der Waals surface area contributed by atoms with Gasteiger partial charge in [0.1, 0.15) is 5.82 Å². The number of aromatic nitrogens is 2. The second-order valence-electron chi connectivity index (χ2n) is 7.28. The molecule has 0 aliphatic carbocycles. The Balaban J connectivity index is 2.30. The minimum Gasteiger partial charge on any atom is -0.333 e. The summed E-state index contributed by atoms with van der Waals surface area (Å²) in [4.78, 5) is 32.3. The first kappa shape index (κ1) is 21.1. The smallest absolute Gasteiger partial charge is 0.261 e. The van der Waals surface area contributed by atoms with Crippen LogP contribution in [-0.4, -0.2) is 26.9 Å². The van der Waals surface area contributed by atoms with Crippen molar-refractivity contribution in [2.75, 3.05) is 6.54 Å². The van der Waals surface area contributed by atoms with Crippen LogP contribution in [0.2, 0.25) is 0 Å². The van der Waals surface area contributed by atoms with Gasteiger partial charge in [-0.1, -0.05) is 51.7 Å². The Morgan fingerprint density at radius 3 is 2.52 bits per heavy atom. The normalized spacial score (nSPS) is 12.3. The summed E-state index contributed by atoms with van der Waals surface area (Å²) in [6.07, 6.45) is 6.88. The van der Waals surface area contributed by atoms with Gasteiger partial charge in [0.05, 0.1) is 16.9 Å². The summed E-state index contributed by atoms with van der Waals surface area (Å²) in [5, 5.41) is 0.613. The molecule has 27 heavy (non-hydrogen) atoms. The maximum atomic E-state index is 12.9. The van der Waals surface area contributed by atoms with E-state index in [-0.39, 0.29) is 17.5 Å². The Bertz CT molecular complexity index is 813. The maximum absolute atomic E-state index is 12.9. The lowest BCUT2D eigenvalue weighted by Crippen LogP contribution is -2.37. The number of unbranched alkanes of at least 4 members (excludes halogenated alkanes) is 4. The highest BCUT2D eigenvalue weighted by Gasteiger charge is 2.24. The molecule has 148 valence electrons. The van der Waals surface area contributed by atoms with Crippen LogP contribution in [0.5, 0.6) is 0 Å². The molecule has 5 nitrogen and oxygen atoms in total. The van der Waals surface area contributed by atoms with Crippen LogP contribution in [0.4, 0.5) is 0 Å². The van der Waals surface area contributed by atoms with Crippen molar-refractivity contribution in [2.45, 2.75) is 71.8 Å². The molecule has 1 unspecified atom stereocenters. The van der Waals surface area contributed by atoms with Crippen molar-refractivity contribution in [2.24, 2.45) is 7.05 Å². The van der Waals surface area contributed by atoms with Crippen LogP contribution >= 0.6 is 0 Å². The van der Waals surface area contributed by atoms with E-state index in [1.54, 1.807) is 17.7 Å². The molecule has 2 aromatic rings. The largest absolute Gasteiger partial charge is 0.333 e. The Morgan fingerprint density at radius 2 is 1.81 bits per heavy atom. The number of carbonyl (C=O) groups excluding carboxylic acids is 1. The predicted octanol–water partition coefficient (Wildman–Crippen LogP) is 4.59. The monoisotopic (exact) mass is 371 g/mol. The number of fused-ring (bicyclic) bond motifs is 1. The molecule has 0 bridgehead atoms. The lowest BCUT2D eigenvalue weighted by atomic mass is 10.1. The molecule has 1 aromatic carbocycles. The summed E-state index contributed by atoms with van der Waals surface area (Å²) < 4.78 is 1.59. The molecular weight excluding hydrogens is 338 g/mol. The van der Waals surface area contributed by atoms with Crippen molar-refractivity contribution >= 4 is 16.8 Å². The predicted molar refractivity (Wildman–Crippen MR) is 111 cm³/mol. The molecule has 5 heteroatoms. The molecule has 0 saturated carbocycles. The SMILES string of the molecule is CCCCCCC(=O)N(CCCC)C(C)c1nc2ccccc2c(=O)n1C. The van der Waals surface area contributed by atoms with E-state index >= 15 is 0 Å². The van der Waals surface area contributed by atoms with Gasteiger partial charge in [-0.15, -0.1) is 0 Å². The standard InChI is InChI=1S/C22H33N3O2/c1-5-7-9-10-15-20(26)25(16-8-6-2)17(3)21-23-19-14-12-11-13-18(19)22(27)24(21)4/h11-14,17H,5-10,15-16H2,1-4H3. The molecular formula is C22H33N3O2. The average molecular weight is 372 g/mol. The van der Waals surface area contributed by atoms with Crippen LogP contribution in [0.25, 0.3) is 10.9 Å². The molecule has 0 fully saturated rings. The summed E-state index contributed by atoms with van der Waals surface area (Å²) in [6, 6.07) is 7.17. The maximum Gasteiger partial charge on any atom is 0.261 e. The molecule has 0 saturated heterocycles. The molecule has 1 amide bonds. The molecule has 2 rings (SSSR count). The van der Waals surface area contributed by atoms with E-state index in [2.05, 4.69) is 13.8 Å². The van der Waals surface area contributed by atoms with Crippen LogP contribution < -0.4 is 5.56 Å². The number of rotatable bonds is 10. The number of hydrogen-bond donors (Lipinski definition) is 0. The van der Waals surface area contributed by atoms with Gasteiger partial charge in [0.15, 0.2) is 0 Å². The van der Waals surface area contributed by atoms with Gasteiger partial charge in [-0.2, -0.15) is 0 Å². The fourth-order valence-corrected chi connectivity index (χ4v) is 3.46. The van der Waals surface area contributed by atoms with Crippen molar-refractivity contribution in [1.29, 1.82) is 0 Å². The van der Waals surface area contributed by atoms with Gasteiger partial charge < -0.3 is 4.90 Å². The Morgan fingerprint density at radius 1 is 1.11 bits per heavy atom. The third-order valence-electron chi connectivity index (χ3n) is 5.18. The van der Waals surface area contributed by atoms with E-state index in [1.165, 1.54) is 6.42 Å². The van der Waals surface area contributed by atoms with Crippen LogP contribution in [0, 0.1) is 0 Å². The van der Waals surface area contributed by atoms with Gasteiger partial charge in [-0.3, -0.25) is 14.2 Å². The zero-order valence-corrected chi connectivity index (χ0v) is 17.2. The fourth-order valence-electron chi connectivity index (χ4n) is 3.46. The van der Waals surface area contributed by atoms with Gasteiger partial charge in [0.25, 0.3) is 5.56 Å². The van der Waals surface area contributed by atoms with Gasteiger partial charge in [0, 0.05) is 20.0 Å². The highest BCUT2D eigenvalue weighted by atomic mass is 16.2. The van der Waals surface area contributed by atoms with E-state index in [4.69, 9.17) is 4.98 Å². The number of para-hydroxylation sites is 1. The van der Waals surface area contributed by atoms with E-state index in [1.807, 2.05) is 30.0 Å². The minimum absolute atomic E-state index is 0.0618. The lowest BCUT2D eigenvalue weighted by molar-refractivity contribution is -0.133. The average Bonchev–Trinajstić information content (AvgIpc) is 2.68. The third-order valence-corrected chi connectivity index (χ3v) is 5.18. The zero-order chi connectivity index (χ0) is 19.8. The highest BCUT2D eigenvalue weighted by Crippen LogP contribution is 2.21. The van der Waals surface area contributed by atoms with E-state index in [0.29, 0.717) is 29.7 Å². The molecule has 0 radical (unpaired) electrons. The highest BCUT2D eigenvalue weighted by molar-refractivity contribution is 5.78. The van der Waals surface area contributed by atoms with Gasteiger partial charge in [-0.05, 0) is 31.9 Å². The number of benzene rings is 1. The molecule has 0 aliphatic heterocycles. The van der Waals surface area contributed by atoms with Gasteiger partial charge in [0.2, 0.25) is 5.91 Å². The molecule has 0 N–H and O–H groups in total. The van der Waals surface area contributed by atoms with E-state index in [0.717, 1.165) is 32.1 Å². The minimum atomic E-state index is -0.225. The fraction of sp³-hybridized carbons (Fsp3) is 0.591. The summed E-state index contributed by atoms with van der Waals surface area (Å²) >= 11 is 0. The van der Waals surface area contributed by atoms with Crippen molar-refractivity contribution in [3.05, 3.63) is 40.4 Å². The van der Waals surface area contributed by atoms with Gasteiger partial charge >= 0.3 is 0 Å². The van der Waals surface area contributed by atoms with Crippen molar-refractivity contribution < 1.29 is 4.79 Å². The second kappa shape index (κ2) is 10.2. The molecule has 0 aliphatic rings. The summed E-state index contributed by atoms with van der Waals surface area (Å²) in [5.41, 5.74) is 0.626. The lowest BCUT2D eigenvalue weighted by Gasteiger charge is -2.30. The number of carbonyl (C=O) groups is 1. The number of nitrogens with zero attached hydrogens (tertiary/aromatic N) is 3. The summed E-state index contributed by atoms with van der Waals surface area (Å²) in [6.45, 7) is 6.98. The number of hydrogen-bond acceptors (Lipinski definition) is 3. The molecule has 1 heterocycles.